The summed E-state index contributed by atoms with van der Waals surface area (Å²) in [6.45, 7) is 6.50. The van der Waals surface area contributed by atoms with Gasteiger partial charge < -0.3 is 25.4 Å². The molecular formula is C22H36N4O4. The molecule has 8 heteroatoms. The number of methoxy groups -OCH3 is 1. The first kappa shape index (κ1) is 24.1. The summed E-state index contributed by atoms with van der Waals surface area (Å²) in [6, 6.07) is 3.45. The van der Waals surface area contributed by atoms with Gasteiger partial charge in [-0.05, 0) is 63.6 Å². The van der Waals surface area contributed by atoms with Gasteiger partial charge in [-0.3, -0.25) is 4.79 Å². The number of nitrogens with zero attached hydrogens (tertiary/aromatic N) is 2. The van der Waals surface area contributed by atoms with Gasteiger partial charge >= 0.3 is 5.97 Å². The van der Waals surface area contributed by atoms with E-state index < -0.39 is 12.0 Å². The number of rotatable bonds is 13. The molecular weight excluding hydrogens is 384 g/mol. The molecule has 1 aliphatic rings. The summed E-state index contributed by atoms with van der Waals surface area (Å²) in [5.41, 5.74) is 2.41. The second-order valence-corrected chi connectivity index (χ2v) is 8.02. The number of carbonyl (C=O) groups is 2. The molecule has 3 N–H and O–H groups in total. The molecule has 0 aliphatic carbocycles. The predicted octanol–water partition coefficient (Wildman–Crippen LogP) is 2.08. The van der Waals surface area contributed by atoms with E-state index in [4.69, 9.17) is 9.72 Å². The number of carboxylic acids is 1. The maximum Gasteiger partial charge on any atom is 0.326 e. The fraction of sp³-hybridized carbons (Fsp3) is 0.682. The Hall–Kier alpha value is -2.19. The van der Waals surface area contributed by atoms with Crippen molar-refractivity contribution < 1.29 is 19.4 Å². The van der Waals surface area contributed by atoms with Gasteiger partial charge in [0, 0.05) is 39.4 Å². The van der Waals surface area contributed by atoms with Crippen LogP contribution < -0.4 is 10.6 Å². The number of aromatic nitrogens is 1. The number of amides is 1. The number of ether oxygens (including phenoxy) is 1. The zero-order valence-corrected chi connectivity index (χ0v) is 18.4. The first-order chi connectivity index (χ1) is 14.4. The Morgan fingerprint density at radius 3 is 2.83 bits per heavy atom. The number of aryl methyl sites for hydroxylation is 2. The molecule has 0 radical (unpaired) electrons. The van der Waals surface area contributed by atoms with Crippen molar-refractivity contribution in [3.05, 3.63) is 23.4 Å². The number of carboxylic acid groups (broad SMARTS) is 1. The Morgan fingerprint density at radius 2 is 2.13 bits per heavy atom. The Morgan fingerprint density at radius 1 is 1.33 bits per heavy atom. The molecule has 2 rings (SSSR count). The van der Waals surface area contributed by atoms with Crippen molar-refractivity contribution in [2.45, 2.75) is 64.5 Å². The number of anilines is 1. The van der Waals surface area contributed by atoms with Crippen molar-refractivity contribution >= 4 is 17.7 Å². The third-order valence-electron chi connectivity index (χ3n) is 5.44. The normalized spacial score (nSPS) is 15.2. The summed E-state index contributed by atoms with van der Waals surface area (Å²) in [4.78, 5) is 29.6. The minimum absolute atomic E-state index is 0.0578. The number of unbranched alkanes of at least 4 members (excludes halogenated alkanes) is 1. The van der Waals surface area contributed by atoms with Gasteiger partial charge in [-0.15, -0.1) is 0 Å². The van der Waals surface area contributed by atoms with E-state index in [-0.39, 0.29) is 12.0 Å². The van der Waals surface area contributed by atoms with Gasteiger partial charge in [-0.2, -0.15) is 0 Å². The Kier molecular flexibility index (Phi) is 10.0. The molecule has 0 saturated heterocycles. The molecule has 30 heavy (non-hydrogen) atoms. The molecule has 0 spiro atoms. The van der Waals surface area contributed by atoms with Crippen LogP contribution in [0.1, 0.15) is 50.8 Å². The molecule has 1 aliphatic heterocycles. The highest BCUT2D eigenvalue weighted by Crippen LogP contribution is 2.20. The summed E-state index contributed by atoms with van der Waals surface area (Å²) in [5, 5.41) is 15.2. The van der Waals surface area contributed by atoms with Crippen LogP contribution in [0.3, 0.4) is 0 Å². The summed E-state index contributed by atoms with van der Waals surface area (Å²) >= 11 is 0. The number of fused-ring (bicyclic) bond motifs is 1. The summed E-state index contributed by atoms with van der Waals surface area (Å²) in [5.74, 6) is -0.296. The molecule has 1 unspecified atom stereocenters. The highest BCUT2D eigenvalue weighted by atomic mass is 16.5. The van der Waals surface area contributed by atoms with Gasteiger partial charge in [-0.25, -0.2) is 9.78 Å². The molecule has 0 aromatic carbocycles. The summed E-state index contributed by atoms with van der Waals surface area (Å²) in [7, 11) is 1.68. The van der Waals surface area contributed by atoms with E-state index in [0.29, 0.717) is 13.0 Å². The number of hydrogen-bond donors (Lipinski definition) is 3. The lowest BCUT2D eigenvalue weighted by Crippen LogP contribution is -2.43. The smallest absolute Gasteiger partial charge is 0.326 e. The lowest BCUT2D eigenvalue weighted by Gasteiger charge is -2.26. The zero-order valence-electron chi connectivity index (χ0n) is 18.4. The van der Waals surface area contributed by atoms with Crippen molar-refractivity contribution in [1.82, 2.24) is 15.2 Å². The van der Waals surface area contributed by atoms with Crippen LogP contribution in [0.5, 0.6) is 0 Å². The van der Waals surface area contributed by atoms with Gasteiger partial charge in [0.15, 0.2) is 0 Å². The van der Waals surface area contributed by atoms with Crippen LogP contribution in [0.25, 0.3) is 0 Å². The maximum atomic E-state index is 11.4. The quantitative estimate of drug-likeness (QED) is 0.420. The highest BCUT2D eigenvalue weighted by Gasteiger charge is 2.20. The maximum absolute atomic E-state index is 11.4. The van der Waals surface area contributed by atoms with Gasteiger partial charge in [0.1, 0.15) is 11.9 Å². The number of aliphatic carboxylic acids is 1. The van der Waals surface area contributed by atoms with E-state index in [0.717, 1.165) is 63.3 Å². The molecule has 2 heterocycles. The van der Waals surface area contributed by atoms with E-state index in [1.165, 1.54) is 12.5 Å². The Labute approximate surface area is 179 Å². The van der Waals surface area contributed by atoms with Crippen LogP contribution >= 0.6 is 0 Å². The highest BCUT2D eigenvalue weighted by molar-refractivity contribution is 5.82. The molecule has 1 aromatic heterocycles. The summed E-state index contributed by atoms with van der Waals surface area (Å²) < 4.78 is 5.38. The zero-order chi connectivity index (χ0) is 21.9. The van der Waals surface area contributed by atoms with Crippen molar-refractivity contribution in [3.63, 3.8) is 0 Å². The van der Waals surface area contributed by atoms with E-state index in [1.807, 2.05) is 6.92 Å². The van der Waals surface area contributed by atoms with Gasteiger partial charge in [0.05, 0.1) is 6.10 Å². The van der Waals surface area contributed by atoms with E-state index >= 15 is 0 Å². The number of hydrogen-bond acceptors (Lipinski definition) is 6. The van der Waals surface area contributed by atoms with Crippen molar-refractivity contribution in [1.29, 1.82) is 0 Å². The number of pyridine rings is 1. The standard InChI is InChI=1S/C22H36N4O4/c1-16(30-3)15-26(14-11-20(22(28)29)24-17(2)27)13-5-4-8-19-10-9-18-7-6-12-23-21(18)25-19/h9-10,16,20H,4-8,11-15H2,1-3H3,(H,23,25)(H,24,27)(H,28,29)/t16-,20?/m1/s1. The van der Waals surface area contributed by atoms with Gasteiger partial charge in [0.25, 0.3) is 0 Å². The average molecular weight is 421 g/mol. The predicted molar refractivity (Wildman–Crippen MR) is 117 cm³/mol. The molecule has 8 nitrogen and oxygen atoms in total. The van der Waals surface area contributed by atoms with Crippen molar-refractivity contribution in [2.24, 2.45) is 0 Å². The third kappa shape index (κ3) is 8.28. The van der Waals surface area contributed by atoms with E-state index in [2.05, 4.69) is 27.7 Å². The Balaban J connectivity index is 1.82. The van der Waals surface area contributed by atoms with Crippen LogP contribution in [0.15, 0.2) is 12.1 Å². The molecule has 0 bridgehead atoms. The molecule has 1 aromatic rings. The van der Waals surface area contributed by atoms with Crippen LogP contribution in [0.4, 0.5) is 5.82 Å². The van der Waals surface area contributed by atoms with Crippen LogP contribution in [0, 0.1) is 0 Å². The van der Waals surface area contributed by atoms with Crippen LogP contribution in [-0.4, -0.2) is 72.3 Å². The average Bonchev–Trinajstić information content (AvgIpc) is 2.73. The lowest BCUT2D eigenvalue weighted by atomic mass is 10.1. The van der Waals surface area contributed by atoms with Crippen molar-refractivity contribution in [2.75, 3.05) is 38.6 Å². The second-order valence-electron chi connectivity index (χ2n) is 8.02. The van der Waals surface area contributed by atoms with Crippen LogP contribution in [-0.2, 0) is 27.2 Å². The van der Waals surface area contributed by atoms with Crippen molar-refractivity contribution in [3.8, 4) is 0 Å². The molecule has 168 valence electrons. The van der Waals surface area contributed by atoms with Gasteiger partial charge in [0.2, 0.25) is 5.91 Å². The minimum atomic E-state index is -1.00. The molecule has 2 atom stereocenters. The molecule has 0 saturated carbocycles. The summed E-state index contributed by atoms with van der Waals surface area (Å²) in [6.07, 6.45) is 5.60. The second kappa shape index (κ2) is 12.5. The Bertz CT molecular complexity index is 698. The molecule has 0 fully saturated rings. The first-order valence-electron chi connectivity index (χ1n) is 10.9. The van der Waals surface area contributed by atoms with Crippen LogP contribution in [0.2, 0.25) is 0 Å². The monoisotopic (exact) mass is 420 g/mol. The topological polar surface area (TPSA) is 104 Å². The fourth-order valence-electron chi connectivity index (χ4n) is 3.70. The fourth-order valence-corrected chi connectivity index (χ4v) is 3.70. The minimum Gasteiger partial charge on any atom is -0.480 e. The third-order valence-corrected chi connectivity index (χ3v) is 5.44. The lowest BCUT2D eigenvalue weighted by molar-refractivity contribution is -0.141. The molecule has 1 amide bonds. The van der Waals surface area contributed by atoms with E-state index in [1.54, 1.807) is 7.11 Å². The SMILES string of the molecule is CO[C@H](C)CN(CCCCc1ccc2c(n1)NCCC2)CCC(NC(C)=O)C(=O)O. The number of carbonyl (C=O) groups excluding carboxylic acids is 1. The largest absolute Gasteiger partial charge is 0.480 e. The van der Waals surface area contributed by atoms with Gasteiger partial charge in [-0.1, -0.05) is 6.07 Å². The first-order valence-corrected chi connectivity index (χ1v) is 10.9. The number of nitrogens with one attached hydrogen (secondary N) is 2. The van der Waals surface area contributed by atoms with E-state index in [9.17, 15) is 14.7 Å².